The molecule has 1 saturated heterocycles. The van der Waals surface area contributed by atoms with Crippen LogP contribution in [0.1, 0.15) is 39.2 Å². The molecule has 0 spiro atoms. The molecule has 3 atom stereocenters. The van der Waals surface area contributed by atoms with E-state index < -0.39 is 29.0 Å². The lowest BCUT2D eigenvalue weighted by molar-refractivity contribution is -0.122. The molecule has 3 heterocycles. The van der Waals surface area contributed by atoms with Gasteiger partial charge in [-0.3, -0.25) is 19.2 Å². The number of ether oxygens (including phenoxy) is 2. The summed E-state index contributed by atoms with van der Waals surface area (Å²) in [6.45, 7) is 3.65. The number of anilines is 2. The average molecular weight is 630 g/mol. The van der Waals surface area contributed by atoms with Gasteiger partial charge in [-0.2, -0.15) is 0 Å². The number of rotatable bonds is 8. The highest BCUT2D eigenvalue weighted by atomic mass is 32.2. The van der Waals surface area contributed by atoms with Crippen LogP contribution in [0.15, 0.2) is 82.6 Å². The lowest BCUT2D eigenvalue weighted by atomic mass is 9.83. The number of amides is 3. The number of esters is 1. The maximum Gasteiger partial charge on any atom is 0.338 e. The number of aromatic amines is 1. The maximum absolute atomic E-state index is 13.9. The summed E-state index contributed by atoms with van der Waals surface area (Å²) in [6.07, 6.45) is 0. The fourth-order valence-electron chi connectivity index (χ4n) is 5.41. The second-order valence-electron chi connectivity index (χ2n) is 10.2. The number of carbonyl (C=O) groups excluding carboxylic acids is 4. The number of aromatic nitrogens is 1. The Balaban J connectivity index is 1.23. The molecule has 0 unspecified atom stereocenters. The van der Waals surface area contributed by atoms with Gasteiger partial charge in [0.25, 0.3) is 5.91 Å². The zero-order valence-electron chi connectivity index (χ0n) is 23.7. The van der Waals surface area contributed by atoms with Gasteiger partial charge in [-0.1, -0.05) is 53.4 Å². The minimum atomic E-state index is -0.761. The number of H-pyrrole nitrogens is 1. The molecular weight excluding hydrogens is 603 g/mol. The third-order valence-corrected chi connectivity index (χ3v) is 9.89. The van der Waals surface area contributed by atoms with E-state index in [4.69, 9.17) is 9.47 Å². The van der Waals surface area contributed by atoms with Gasteiger partial charge >= 0.3 is 10.8 Å². The minimum Gasteiger partial charge on any atom is -0.484 e. The van der Waals surface area contributed by atoms with Gasteiger partial charge in [0.15, 0.2) is 6.61 Å². The van der Waals surface area contributed by atoms with Crippen molar-refractivity contribution in [3.8, 4) is 5.75 Å². The average Bonchev–Trinajstić information content (AvgIpc) is 3.51. The van der Waals surface area contributed by atoms with E-state index in [2.05, 4.69) is 10.3 Å². The first-order valence-electron chi connectivity index (χ1n) is 13.9. The van der Waals surface area contributed by atoms with Crippen LogP contribution >= 0.6 is 23.1 Å². The largest absolute Gasteiger partial charge is 0.484 e. The van der Waals surface area contributed by atoms with E-state index >= 15 is 0 Å². The fourth-order valence-corrected chi connectivity index (χ4v) is 7.93. The number of para-hydroxylation sites is 1. The number of nitrogens with zero attached hydrogens (tertiary/aromatic N) is 1. The highest BCUT2D eigenvalue weighted by Gasteiger charge is 2.56. The molecule has 0 radical (unpaired) electrons. The molecule has 1 aromatic heterocycles. The van der Waals surface area contributed by atoms with E-state index in [1.807, 2.05) is 31.2 Å². The van der Waals surface area contributed by atoms with Gasteiger partial charge < -0.3 is 19.8 Å². The molecule has 0 bridgehead atoms. The highest BCUT2D eigenvalue weighted by Crippen LogP contribution is 2.53. The van der Waals surface area contributed by atoms with Gasteiger partial charge in [-0.15, -0.1) is 0 Å². The number of carbonyl (C=O) groups is 4. The van der Waals surface area contributed by atoms with Crippen molar-refractivity contribution in [1.29, 1.82) is 0 Å². The Morgan fingerprint density at radius 1 is 0.955 bits per heavy atom. The second-order valence-corrected chi connectivity index (χ2v) is 12.4. The van der Waals surface area contributed by atoms with Crippen molar-refractivity contribution in [1.82, 2.24) is 4.98 Å². The van der Waals surface area contributed by atoms with Crippen molar-refractivity contribution in [3.05, 3.63) is 104 Å². The van der Waals surface area contributed by atoms with E-state index in [1.165, 1.54) is 23.9 Å². The van der Waals surface area contributed by atoms with Crippen LogP contribution in [0, 0.1) is 12.8 Å². The molecular formula is C32H27N3O7S2. The van der Waals surface area contributed by atoms with E-state index in [0.717, 1.165) is 27.4 Å². The first-order chi connectivity index (χ1) is 21.2. The first-order valence-corrected chi connectivity index (χ1v) is 15.6. The van der Waals surface area contributed by atoms with Crippen molar-refractivity contribution < 1.29 is 28.7 Å². The molecule has 44 heavy (non-hydrogen) atoms. The van der Waals surface area contributed by atoms with E-state index in [0.29, 0.717) is 32.6 Å². The van der Waals surface area contributed by atoms with Crippen molar-refractivity contribution in [2.24, 2.45) is 5.92 Å². The summed E-state index contributed by atoms with van der Waals surface area (Å²) in [6, 6.07) is 20.6. The number of imide groups is 1. The molecule has 2 aliphatic heterocycles. The highest BCUT2D eigenvalue weighted by molar-refractivity contribution is 8.00. The SMILES string of the molecule is CCOC(=O)c1ccc(N2C(=O)[C@H]3[C@H](c4ccc(OCC(=O)Nc5ccccc5C)cc4)c4sc(=O)[nH]c4S[C@H]3C2=O)cc1. The third-order valence-electron chi connectivity index (χ3n) is 7.49. The van der Waals surface area contributed by atoms with Crippen LogP contribution in [0.25, 0.3) is 0 Å². The standard InChI is InChI=1S/C32H27N3O7S2/c1-3-41-31(39)19-8-12-20(13-9-19)35-29(37)25-24(26-28(34-32(40)44-26)43-27(25)30(35)38)18-10-14-21(15-11-18)42-16-23(36)33-22-7-5-4-6-17(22)2/h4-15,24-25,27H,3,16H2,1-2H3,(H,33,36)(H,34,40)/t24-,25-,27+/m0/s1. The maximum atomic E-state index is 13.9. The molecule has 2 N–H and O–H groups in total. The normalized spacial score (nSPS) is 18.9. The quantitative estimate of drug-likeness (QED) is 0.211. The molecule has 2 aliphatic rings. The summed E-state index contributed by atoms with van der Waals surface area (Å²) in [5, 5.41) is 2.64. The predicted octanol–water partition coefficient (Wildman–Crippen LogP) is 4.73. The molecule has 12 heteroatoms. The van der Waals surface area contributed by atoms with Gasteiger partial charge in [0.1, 0.15) is 11.0 Å². The van der Waals surface area contributed by atoms with Crippen LogP contribution in [0.4, 0.5) is 11.4 Å². The number of aryl methyl sites for hydroxylation is 1. The van der Waals surface area contributed by atoms with Crippen LogP contribution in [-0.2, 0) is 19.1 Å². The third kappa shape index (κ3) is 5.53. The van der Waals surface area contributed by atoms with Crippen molar-refractivity contribution in [3.63, 3.8) is 0 Å². The molecule has 6 rings (SSSR count). The Labute approximate surface area is 260 Å². The second kappa shape index (κ2) is 12.1. The Hall–Kier alpha value is -4.68. The van der Waals surface area contributed by atoms with Crippen LogP contribution in [0.3, 0.4) is 0 Å². The number of thioether (sulfide) groups is 1. The van der Waals surface area contributed by atoms with Gasteiger partial charge in [0.05, 0.1) is 28.8 Å². The van der Waals surface area contributed by atoms with Crippen molar-refractivity contribution in [2.45, 2.75) is 30.0 Å². The van der Waals surface area contributed by atoms with Crippen molar-refractivity contribution >= 4 is 58.2 Å². The van der Waals surface area contributed by atoms with Crippen molar-refractivity contribution in [2.75, 3.05) is 23.4 Å². The molecule has 1 fully saturated rings. The van der Waals surface area contributed by atoms with Crippen LogP contribution in [0.2, 0.25) is 0 Å². The summed E-state index contributed by atoms with van der Waals surface area (Å²) in [4.78, 5) is 68.9. The number of nitrogens with one attached hydrogen (secondary N) is 2. The number of benzene rings is 3. The molecule has 224 valence electrons. The zero-order valence-corrected chi connectivity index (χ0v) is 25.3. The Kier molecular flexibility index (Phi) is 8.11. The lowest BCUT2D eigenvalue weighted by Crippen LogP contribution is -2.32. The Bertz CT molecular complexity index is 1810. The molecule has 0 aliphatic carbocycles. The molecule has 3 aromatic carbocycles. The number of hydrogen-bond donors (Lipinski definition) is 2. The molecule has 10 nitrogen and oxygen atoms in total. The first kappa shape index (κ1) is 29.4. The fraction of sp³-hybridized carbons (Fsp3) is 0.219. The topological polar surface area (TPSA) is 135 Å². The summed E-state index contributed by atoms with van der Waals surface area (Å²) in [5.74, 6) is -2.44. The van der Waals surface area contributed by atoms with Crippen LogP contribution < -0.4 is 19.8 Å². The smallest absolute Gasteiger partial charge is 0.338 e. The molecule has 0 saturated carbocycles. The summed E-state index contributed by atoms with van der Waals surface area (Å²) < 4.78 is 10.7. The van der Waals surface area contributed by atoms with Crippen LogP contribution in [0.5, 0.6) is 5.75 Å². The summed E-state index contributed by atoms with van der Waals surface area (Å²) in [5.41, 5.74) is 3.05. The van der Waals surface area contributed by atoms with E-state index in [9.17, 15) is 24.0 Å². The number of thiazole rings is 1. The monoisotopic (exact) mass is 629 g/mol. The van der Waals surface area contributed by atoms with E-state index in [-0.39, 0.29) is 29.9 Å². The van der Waals surface area contributed by atoms with Gasteiger partial charge in [-0.25, -0.2) is 9.69 Å². The lowest BCUT2D eigenvalue weighted by Gasteiger charge is -2.29. The Morgan fingerprint density at radius 3 is 2.39 bits per heavy atom. The summed E-state index contributed by atoms with van der Waals surface area (Å²) >= 11 is 2.21. The van der Waals surface area contributed by atoms with Gasteiger partial charge in [-0.05, 0) is 67.4 Å². The van der Waals surface area contributed by atoms with Crippen LogP contribution in [-0.4, -0.2) is 47.1 Å². The summed E-state index contributed by atoms with van der Waals surface area (Å²) in [7, 11) is 0. The number of fused-ring (bicyclic) bond motifs is 2. The zero-order chi connectivity index (χ0) is 31.0. The van der Waals surface area contributed by atoms with Gasteiger partial charge in [0, 0.05) is 16.5 Å². The molecule has 4 aromatic rings. The van der Waals surface area contributed by atoms with Gasteiger partial charge in [0.2, 0.25) is 11.8 Å². The predicted molar refractivity (Wildman–Crippen MR) is 167 cm³/mol. The Morgan fingerprint density at radius 2 is 1.68 bits per heavy atom. The number of hydrogen-bond acceptors (Lipinski definition) is 9. The minimum absolute atomic E-state index is 0.196. The van der Waals surface area contributed by atoms with E-state index in [1.54, 1.807) is 43.3 Å². The molecule has 3 amide bonds.